The molecule has 0 N–H and O–H groups in total. The number of hydrogen-bond acceptors (Lipinski definition) is 2. The van der Waals surface area contributed by atoms with Crippen LogP contribution in [0, 0.1) is 5.92 Å². The molecule has 0 saturated heterocycles. The molecule has 0 aliphatic rings. The van der Waals surface area contributed by atoms with Gasteiger partial charge < -0.3 is 9.84 Å². The standard InChI is InChI=1S/C11H14O2.2Li/c1-10(7-8-13-9-12)11-5-3-2-4-6-11;;/h2-6H,7-9H2,1H3;;/q-2;2*+1. The van der Waals surface area contributed by atoms with Gasteiger partial charge >= 0.3 is 37.7 Å². The summed E-state index contributed by atoms with van der Waals surface area (Å²) >= 11 is 0. The average molecular weight is 192 g/mol. The average Bonchev–Trinajstić information content (AvgIpc) is 2.19. The van der Waals surface area contributed by atoms with Gasteiger partial charge in [0.2, 0.25) is 0 Å². The van der Waals surface area contributed by atoms with Crippen molar-refractivity contribution in [3.8, 4) is 0 Å². The van der Waals surface area contributed by atoms with Gasteiger partial charge in [-0.1, -0.05) is 19.4 Å². The maximum atomic E-state index is 10.0. The summed E-state index contributed by atoms with van der Waals surface area (Å²) in [6.07, 6.45) is 0.826. The second-order valence-corrected chi connectivity index (χ2v) is 2.92. The number of rotatable bonds is 5. The molecule has 0 unspecified atom stereocenters. The Balaban J connectivity index is 0. The first-order chi connectivity index (χ1) is 6.34. The Morgan fingerprint density at radius 1 is 1.20 bits per heavy atom. The van der Waals surface area contributed by atoms with Crippen LogP contribution in [0.1, 0.15) is 18.9 Å². The summed E-state index contributed by atoms with van der Waals surface area (Å²) in [4.78, 5) is 0. The first-order valence-corrected chi connectivity index (χ1v) is 4.38. The van der Waals surface area contributed by atoms with Crippen LogP contribution in [0.3, 0.4) is 0 Å². The molecule has 0 aliphatic carbocycles. The topological polar surface area (TPSA) is 32.3 Å². The summed E-state index contributed by atoms with van der Waals surface area (Å²) < 4.78 is 4.75. The van der Waals surface area contributed by atoms with E-state index in [1.54, 1.807) is 0 Å². The zero-order chi connectivity index (χ0) is 9.52. The van der Waals surface area contributed by atoms with Gasteiger partial charge in [-0.25, -0.2) is 0 Å². The van der Waals surface area contributed by atoms with Crippen molar-refractivity contribution in [2.75, 3.05) is 13.4 Å². The Hall–Kier alpha value is 0.205. The van der Waals surface area contributed by atoms with Gasteiger partial charge in [-0.05, 0) is 6.79 Å². The van der Waals surface area contributed by atoms with Crippen molar-refractivity contribution in [2.45, 2.75) is 13.3 Å². The molecular weight excluding hydrogens is 178 g/mol. The number of hydrogen-bond donors (Lipinski definition) is 0. The molecule has 2 nitrogen and oxygen atoms in total. The molecule has 4 heteroatoms. The van der Waals surface area contributed by atoms with Gasteiger partial charge in [0.1, 0.15) is 0 Å². The zero-order valence-electron chi connectivity index (χ0n) is 9.82. The fourth-order valence-corrected chi connectivity index (χ4v) is 1.15. The largest absolute Gasteiger partial charge is 1.00 e. The third kappa shape index (κ3) is 7.15. The normalized spacial score (nSPS) is 8.67. The van der Waals surface area contributed by atoms with E-state index < -0.39 is 6.79 Å². The van der Waals surface area contributed by atoms with Crippen LogP contribution in [0.4, 0.5) is 0 Å². The molecule has 72 valence electrons. The molecule has 0 radical (unpaired) electrons. The van der Waals surface area contributed by atoms with Gasteiger partial charge in [0.15, 0.2) is 0 Å². The SMILES string of the molecule is C[C-](CCOC[O-])c1ccccc1.[Li+].[Li+]. The van der Waals surface area contributed by atoms with Gasteiger partial charge in [-0.15, -0.1) is 12.1 Å². The molecule has 0 fully saturated rings. The van der Waals surface area contributed by atoms with Crippen molar-refractivity contribution in [2.24, 2.45) is 0 Å². The van der Waals surface area contributed by atoms with E-state index in [-0.39, 0.29) is 37.7 Å². The Bertz CT molecular complexity index is 229. The van der Waals surface area contributed by atoms with E-state index in [1.165, 1.54) is 11.5 Å². The Labute approximate surface area is 116 Å². The van der Waals surface area contributed by atoms with E-state index in [2.05, 4.69) is 19.1 Å². The molecular formula is C11H14Li2O2. The summed E-state index contributed by atoms with van der Waals surface area (Å²) in [6.45, 7) is 2.13. The molecule has 0 amide bonds. The van der Waals surface area contributed by atoms with Crippen molar-refractivity contribution in [1.82, 2.24) is 0 Å². The number of ether oxygens (including phenoxy) is 1. The fourth-order valence-electron chi connectivity index (χ4n) is 1.15. The Morgan fingerprint density at radius 2 is 1.80 bits per heavy atom. The van der Waals surface area contributed by atoms with Crippen LogP contribution < -0.4 is 42.8 Å². The Kier molecular flexibility index (Phi) is 12.6. The van der Waals surface area contributed by atoms with Crippen LogP contribution in [0.2, 0.25) is 0 Å². The van der Waals surface area contributed by atoms with Crippen LogP contribution in [-0.4, -0.2) is 13.4 Å². The van der Waals surface area contributed by atoms with Crippen LogP contribution >= 0.6 is 0 Å². The molecule has 1 rings (SSSR count). The Morgan fingerprint density at radius 3 is 2.33 bits per heavy atom. The second kappa shape index (κ2) is 10.7. The maximum absolute atomic E-state index is 10.0. The predicted octanol–water partition coefficient (Wildman–Crippen LogP) is -4.64. The molecule has 1 aromatic carbocycles. The first-order valence-electron chi connectivity index (χ1n) is 4.38. The van der Waals surface area contributed by atoms with E-state index in [9.17, 15) is 5.11 Å². The molecule has 15 heavy (non-hydrogen) atoms. The third-order valence-electron chi connectivity index (χ3n) is 1.97. The molecule has 0 aromatic heterocycles. The first kappa shape index (κ1) is 17.6. The van der Waals surface area contributed by atoms with Crippen molar-refractivity contribution < 1.29 is 47.6 Å². The second-order valence-electron chi connectivity index (χ2n) is 2.92. The summed E-state index contributed by atoms with van der Waals surface area (Å²) in [6, 6.07) is 10.1. The third-order valence-corrected chi connectivity index (χ3v) is 1.97. The summed E-state index contributed by atoms with van der Waals surface area (Å²) in [7, 11) is 0. The van der Waals surface area contributed by atoms with Gasteiger partial charge in [0.25, 0.3) is 0 Å². The molecule has 0 bridgehead atoms. The van der Waals surface area contributed by atoms with E-state index in [1.807, 2.05) is 18.2 Å². The fraction of sp³-hybridized carbons (Fsp3) is 0.364. The number of benzene rings is 1. The summed E-state index contributed by atoms with van der Waals surface area (Å²) in [5, 5.41) is 10.0. The van der Waals surface area contributed by atoms with E-state index in [0.717, 1.165) is 6.42 Å². The van der Waals surface area contributed by atoms with Gasteiger partial charge in [0, 0.05) is 6.61 Å². The van der Waals surface area contributed by atoms with Crippen LogP contribution in [0.25, 0.3) is 0 Å². The zero-order valence-corrected chi connectivity index (χ0v) is 9.82. The van der Waals surface area contributed by atoms with Crippen molar-refractivity contribution >= 4 is 0 Å². The monoisotopic (exact) mass is 192 g/mol. The smallest absolute Gasteiger partial charge is 0.834 e. The summed E-state index contributed by atoms with van der Waals surface area (Å²) in [5.41, 5.74) is 1.22. The van der Waals surface area contributed by atoms with Gasteiger partial charge in [-0.2, -0.15) is 23.6 Å². The summed E-state index contributed by atoms with van der Waals surface area (Å²) in [5.74, 6) is 1.26. The molecule has 0 saturated carbocycles. The van der Waals surface area contributed by atoms with E-state index in [0.29, 0.717) is 6.61 Å². The minimum Gasteiger partial charge on any atom is -0.834 e. The maximum Gasteiger partial charge on any atom is 1.00 e. The van der Waals surface area contributed by atoms with Gasteiger partial charge in [-0.3, -0.25) is 0 Å². The molecule has 1 aromatic rings. The van der Waals surface area contributed by atoms with Crippen molar-refractivity contribution in [3.63, 3.8) is 0 Å². The van der Waals surface area contributed by atoms with Gasteiger partial charge in [0.05, 0.1) is 0 Å². The van der Waals surface area contributed by atoms with Crippen molar-refractivity contribution in [3.05, 3.63) is 41.8 Å². The van der Waals surface area contributed by atoms with E-state index >= 15 is 0 Å². The van der Waals surface area contributed by atoms with Crippen LogP contribution in [-0.2, 0) is 4.74 Å². The molecule has 0 spiro atoms. The molecule has 0 aliphatic heterocycles. The predicted molar refractivity (Wildman–Crippen MR) is 49.9 cm³/mol. The molecule has 0 atom stereocenters. The molecule has 0 heterocycles. The van der Waals surface area contributed by atoms with Crippen LogP contribution in [0.5, 0.6) is 0 Å². The minimum absolute atomic E-state index is 0. The van der Waals surface area contributed by atoms with Crippen molar-refractivity contribution in [1.29, 1.82) is 0 Å². The van der Waals surface area contributed by atoms with Crippen LogP contribution in [0.15, 0.2) is 30.3 Å². The minimum atomic E-state index is -0.442. The van der Waals surface area contributed by atoms with E-state index in [4.69, 9.17) is 4.74 Å². The quantitative estimate of drug-likeness (QED) is 0.203.